The molecule has 0 aliphatic carbocycles. The molecule has 0 bridgehead atoms. The van der Waals surface area contributed by atoms with Gasteiger partial charge in [-0.05, 0) is 42.3 Å². The Bertz CT molecular complexity index is 842. The van der Waals surface area contributed by atoms with Crippen LogP contribution in [0.25, 0.3) is 0 Å². The summed E-state index contributed by atoms with van der Waals surface area (Å²) >= 11 is 6.01. The summed E-state index contributed by atoms with van der Waals surface area (Å²) in [5.41, 5.74) is 2.36. The molecule has 148 valence electrons. The molecular weight excluding hydrogens is 376 g/mol. The summed E-state index contributed by atoms with van der Waals surface area (Å²) in [5, 5.41) is 3.78. The van der Waals surface area contributed by atoms with E-state index < -0.39 is 0 Å². The number of likely N-dealkylation sites (tertiary alicyclic amines) is 1. The Morgan fingerprint density at radius 3 is 2.86 bits per heavy atom. The monoisotopic (exact) mass is 401 g/mol. The van der Waals surface area contributed by atoms with Crippen LogP contribution in [0.2, 0.25) is 5.02 Å². The molecule has 2 N–H and O–H groups in total. The highest BCUT2D eigenvalue weighted by molar-refractivity contribution is 6.30. The molecule has 2 aromatic carbocycles. The van der Waals surface area contributed by atoms with E-state index in [4.69, 9.17) is 21.1 Å². The van der Waals surface area contributed by atoms with Gasteiger partial charge in [0.05, 0.1) is 6.54 Å². The normalized spacial score (nSPS) is 20.8. The number of ether oxygens (including phenoxy) is 2. The highest BCUT2D eigenvalue weighted by atomic mass is 35.5. The molecule has 2 atom stereocenters. The second-order valence-corrected chi connectivity index (χ2v) is 7.85. The summed E-state index contributed by atoms with van der Waals surface area (Å²) in [5.74, 6) is 1.73. The molecule has 4 rings (SSSR count). The minimum Gasteiger partial charge on any atom is -0.486 e. The number of hydrogen-bond acceptors (Lipinski definition) is 3. The van der Waals surface area contributed by atoms with Crippen molar-refractivity contribution in [2.45, 2.75) is 25.3 Å². The van der Waals surface area contributed by atoms with Gasteiger partial charge in [-0.2, -0.15) is 0 Å². The summed E-state index contributed by atoms with van der Waals surface area (Å²) < 4.78 is 11.3. The van der Waals surface area contributed by atoms with Gasteiger partial charge in [-0.25, -0.2) is 0 Å². The quantitative estimate of drug-likeness (QED) is 0.780. The number of quaternary nitrogens is 1. The Kier molecular flexibility index (Phi) is 6.03. The van der Waals surface area contributed by atoms with Crippen LogP contribution in [0.1, 0.15) is 30.0 Å². The minimum atomic E-state index is 0.0986. The lowest BCUT2D eigenvalue weighted by atomic mass is 10.0. The molecule has 2 aliphatic heterocycles. The van der Waals surface area contributed by atoms with Gasteiger partial charge in [0.1, 0.15) is 19.3 Å². The fourth-order valence-corrected chi connectivity index (χ4v) is 4.32. The molecule has 2 aliphatic rings. The van der Waals surface area contributed by atoms with Crippen LogP contribution in [0.4, 0.5) is 0 Å². The van der Waals surface area contributed by atoms with Crippen molar-refractivity contribution in [2.75, 3.05) is 32.8 Å². The van der Waals surface area contributed by atoms with Gasteiger partial charge >= 0.3 is 0 Å². The predicted octanol–water partition coefficient (Wildman–Crippen LogP) is 2.19. The average Bonchev–Trinajstić information content (AvgIpc) is 3.15. The second kappa shape index (κ2) is 8.84. The Hall–Kier alpha value is -2.24. The molecule has 0 aromatic heterocycles. The van der Waals surface area contributed by atoms with Crippen LogP contribution < -0.4 is 19.7 Å². The van der Waals surface area contributed by atoms with Crippen LogP contribution in [0, 0.1) is 0 Å². The first-order valence-electron chi connectivity index (χ1n) is 9.94. The number of nitrogens with one attached hydrogen (secondary N) is 2. The molecule has 0 saturated carbocycles. The Labute approximate surface area is 170 Å². The van der Waals surface area contributed by atoms with Gasteiger partial charge in [-0.15, -0.1) is 0 Å². The summed E-state index contributed by atoms with van der Waals surface area (Å²) in [7, 11) is 0. The van der Waals surface area contributed by atoms with Crippen molar-refractivity contribution in [1.29, 1.82) is 0 Å². The highest BCUT2D eigenvalue weighted by Gasteiger charge is 2.32. The largest absolute Gasteiger partial charge is 0.486 e. The zero-order valence-corrected chi connectivity index (χ0v) is 16.6. The van der Waals surface area contributed by atoms with Crippen molar-refractivity contribution in [2.24, 2.45) is 0 Å². The topological polar surface area (TPSA) is 52.0 Å². The van der Waals surface area contributed by atoms with Crippen LogP contribution in [-0.2, 0) is 11.2 Å². The summed E-state index contributed by atoms with van der Waals surface area (Å²) in [4.78, 5) is 13.8. The number of fused-ring (bicyclic) bond motifs is 1. The fraction of sp³-hybridized carbons (Fsp3) is 0.409. The Balaban J connectivity index is 1.31. The van der Waals surface area contributed by atoms with E-state index in [0.717, 1.165) is 47.9 Å². The first kappa shape index (κ1) is 19.1. The van der Waals surface area contributed by atoms with E-state index in [9.17, 15) is 4.79 Å². The third kappa shape index (κ3) is 4.59. The van der Waals surface area contributed by atoms with Crippen molar-refractivity contribution < 1.29 is 19.2 Å². The number of amides is 1. The average molecular weight is 402 g/mol. The fourth-order valence-electron chi connectivity index (χ4n) is 4.11. The summed E-state index contributed by atoms with van der Waals surface area (Å²) in [6, 6.07) is 14.3. The van der Waals surface area contributed by atoms with Gasteiger partial charge in [-0.1, -0.05) is 23.7 Å². The van der Waals surface area contributed by atoms with E-state index in [2.05, 4.69) is 17.4 Å². The Morgan fingerprint density at radius 1 is 1.14 bits per heavy atom. The minimum absolute atomic E-state index is 0.0986. The molecule has 1 unspecified atom stereocenters. The molecule has 0 radical (unpaired) electrons. The Morgan fingerprint density at radius 2 is 2.00 bits per heavy atom. The standard InChI is InChI=1S/C22H25ClN2O3/c23-18-4-1-3-16(13-18)8-9-24-22(26)15-25-10-2-5-19(25)17-6-7-20-21(14-17)28-12-11-27-20/h1,3-4,6-7,13-14,19H,2,5,8-12,15H2,(H,24,26)/p+1/t19-/m1/s1. The van der Waals surface area contributed by atoms with Crippen LogP contribution >= 0.6 is 11.6 Å². The smallest absolute Gasteiger partial charge is 0.275 e. The first-order valence-corrected chi connectivity index (χ1v) is 10.3. The van der Waals surface area contributed by atoms with E-state index in [1.165, 1.54) is 10.5 Å². The first-order chi connectivity index (χ1) is 13.7. The lowest BCUT2D eigenvalue weighted by molar-refractivity contribution is -0.910. The van der Waals surface area contributed by atoms with Crippen molar-refractivity contribution >= 4 is 17.5 Å². The van der Waals surface area contributed by atoms with Crippen LogP contribution in [0.3, 0.4) is 0 Å². The second-order valence-electron chi connectivity index (χ2n) is 7.41. The number of carbonyl (C=O) groups is 1. The van der Waals surface area contributed by atoms with Crippen molar-refractivity contribution in [3.05, 3.63) is 58.6 Å². The predicted molar refractivity (Wildman–Crippen MR) is 108 cm³/mol. The lowest BCUT2D eigenvalue weighted by Crippen LogP contribution is -3.11. The van der Waals surface area contributed by atoms with Crippen LogP contribution in [0.15, 0.2) is 42.5 Å². The van der Waals surface area contributed by atoms with E-state index in [1.807, 2.05) is 30.3 Å². The van der Waals surface area contributed by atoms with Gasteiger partial charge < -0.3 is 19.7 Å². The lowest BCUT2D eigenvalue weighted by Gasteiger charge is -2.24. The molecule has 1 amide bonds. The summed E-state index contributed by atoms with van der Waals surface area (Å²) in [6.07, 6.45) is 3.00. The molecule has 6 heteroatoms. The SMILES string of the molecule is O=C(C[NH+]1CCC[C@@H]1c1ccc2c(c1)OCCO2)NCCc1cccc(Cl)c1. The summed E-state index contributed by atoms with van der Waals surface area (Å²) in [6.45, 7) is 3.33. The maximum Gasteiger partial charge on any atom is 0.275 e. The maximum atomic E-state index is 12.5. The molecule has 5 nitrogen and oxygen atoms in total. The third-order valence-electron chi connectivity index (χ3n) is 5.46. The number of benzene rings is 2. The van der Waals surface area contributed by atoms with E-state index >= 15 is 0 Å². The van der Waals surface area contributed by atoms with E-state index in [-0.39, 0.29) is 5.91 Å². The van der Waals surface area contributed by atoms with E-state index in [1.54, 1.807) is 0 Å². The zero-order valence-electron chi connectivity index (χ0n) is 15.9. The van der Waals surface area contributed by atoms with Crippen LogP contribution in [0.5, 0.6) is 11.5 Å². The molecule has 28 heavy (non-hydrogen) atoms. The molecule has 1 fully saturated rings. The molecule has 2 aromatic rings. The van der Waals surface area contributed by atoms with Gasteiger partial charge in [0.2, 0.25) is 0 Å². The maximum absolute atomic E-state index is 12.5. The highest BCUT2D eigenvalue weighted by Crippen LogP contribution is 2.33. The van der Waals surface area contributed by atoms with Gasteiger partial charge in [0.15, 0.2) is 18.0 Å². The van der Waals surface area contributed by atoms with Crippen molar-refractivity contribution in [3.8, 4) is 11.5 Å². The number of hydrogen-bond donors (Lipinski definition) is 2. The molecule has 1 saturated heterocycles. The third-order valence-corrected chi connectivity index (χ3v) is 5.70. The van der Waals surface area contributed by atoms with Gasteiger partial charge in [0.25, 0.3) is 5.91 Å². The van der Waals surface area contributed by atoms with Gasteiger partial charge in [-0.3, -0.25) is 4.79 Å². The van der Waals surface area contributed by atoms with Crippen molar-refractivity contribution in [1.82, 2.24) is 5.32 Å². The molecule has 2 heterocycles. The van der Waals surface area contributed by atoms with Crippen LogP contribution in [-0.4, -0.2) is 38.8 Å². The number of halogens is 1. The number of rotatable bonds is 6. The zero-order chi connectivity index (χ0) is 19.3. The van der Waals surface area contributed by atoms with E-state index in [0.29, 0.717) is 32.3 Å². The van der Waals surface area contributed by atoms with Gasteiger partial charge in [0, 0.05) is 30.0 Å². The van der Waals surface area contributed by atoms with Crippen molar-refractivity contribution in [3.63, 3.8) is 0 Å². The molecular formula is C22H26ClN2O3+. The number of carbonyl (C=O) groups excluding carboxylic acids is 1. The molecule has 0 spiro atoms.